The number of hydrogen-bond acceptors (Lipinski definition) is 5. The summed E-state index contributed by atoms with van der Waals surface area (Å²) in [6.45, 7) is 5.87. The Balaban J connectivity index is 1.80. The molecule has 1 atom stereocenters. The molecule has 1 heterocycles. The van der Waals surface area contributed by atoms with Gasteiger partial charge < -0.3 is 14.8 Å². The number of ether oxygens (including phenoxy) is 2. The Morgan fingerprint density at radius 2 is 1.83 bits per heavy atom. The quantitative estimate of drug-likeness (QED) is 0.699. The van der Waals surface area contributed by atoms with E-state index >= 15 is 0 Å². The molecule has 0 bridgehead atoms. The number of ketones is 1. The maximum absolute atomic E-state index is 13.4. The van der Waals surface area contributed by atoms with E-state index in [1.54, 1.807) is 0 Å². The standard InChI is InChI=1S/C25H31NO4/c1-15(2)29-21-14-7-6-11-18(21)23-22(25(28)30-17-9-4-5-10-17)16(3)26-19-12-8-13-20(27)24(19)23/h6-7,11,14-15,17,23,26H,4-5,8-10,12-13H2,1-3H3. The Kier molecular flexibility index (Phi) is 5.98. The van der Waals surface area contributed by atoms with E-state index in [1.165, 1.54) is 0 Å². The summed E-state index contributed by atoms with van der Waals surface area (Å²) < 4.78 is 12.0. The fraction of sp³-hybridized carbons (Fsp3) is 0.520. The normalized spacial score (nSPS) is 22.3. The van der Waals surface area contributed by atoms with Crippen molar-refractivity contribution in [2.45, 2.75) is 83.8 Å². The number of carbonyl (C=O) groups is 2. The van der Waals surface area contributed by atoms with E-state index in [0.29, 0.717) is 23.3 Å². The molecule has 1 fully saturated rings. The van der Waals surface area contributed by atoms with E-state index in [4.69, 9.17) is 9.47 Å². The molecule has 160 valence electrons. The third-order valence-electron chi connectivity index (χ3n) is 6.16. The van der Waals surface area contributed by atoms with Crippen LogP contribution < -0.4 is 10.1 Å². The van der Waals surface area contributed by atoms with E-state index in [0.717, 1.165) is 55.5 Å². The molecule has 1 aromatic carbocycles. The van der Waals surface area contributed by atoms with Crippen LogP contribution in [0.1, 0.15) is 77.2 Å². The van der Waals surface area contributed by atoms with Crippen molar-refractivity contribution in [1.29, 1.82) is 0 Å². The fourth-order valence-corrected chi connectivity index (χ4v) is 4.87. The number of dihydropyridines is 1. The van der Waals surface area contributed by atoms with Gasteiger partial charge in [0, 0.05) is 29.0 Å². The van der Waals surface area contributed by atoms with Crippen LogP contribution in [0.25, 0.3) is 0 Å². The minimum Gasteiger partial charge on any atom is -0.491 e. The summed E-state index contributed by atoms with van der Waals surface area (Å²) in [7, 11) is 0. The van der Waals surface area contributed by atoms with E-state index in [-0.39, 0.29) is 24.0 Å². The lowest BCUT2D eigenvalue weighted by molar-refractivity contribution is -0.144. The lowest BCUT2D eigenvalue weighted by atomic mass is 9.75. The van der Waals surface area contributed by atoms with E-state index in [2.05, 4.69) is 5.32 Å². The van der Waals surface area contributed by atoms with Crippen LogP contribution in [0.2, 0.25) is 0 Å². The van der Waals surface area contributed by atoms with E-state index < -0.39 is 5.92 Å². The molecule has 0 spiro atoms. The molecule has 0 aromatic heterocycles. The van der Waals surface area contributed by atoms with Crippen LogP contribution in [0, 0.1) is 0 Å². The first-order chi connectivity index (χ1) is 14.5. The van der Waals surface area contributed by atoms with Gasteiger partial charge in [0.15, 0.2) is 5.78 Å². The van der Waals surface area contributed by atoms with Gasteiger partial charge in [0.25, 0.3) is 0 Å². The topological polar surface area (TPSA) is 64.6 Å². The molecule has 0 amide bonds. The molecular weight excluding hydrogens is 378 g/mol. The lowest BCUT2D eigenvalue weighted by Crippen LogP contribution is -2.35. The molecule has 2 aliphatic carbocycles. The van der Waals surface area contributed by atoms with Gasteiger partial charge in [-0.2, -0.15) is 0 Å². The third-order valence-corrected chi connectivity index (χ3v) is 6.16. The average molecular weight is 410 g/mol. The maximum atomic E-state index is 13.4. The molecule has 30 heavy (non-hydrogen) atoms. The smallest absolute Gasteiger partial charge is 0.337 e. The second-order valence-corrected chi connectivity index (χ2v) is 8.78. The summed E-state index contributed by atoms with van der Waals surface area (Å²) in [5, 5.41) is 3.36. The highest BCUT2D eigenvalue weighted by atomic mass is 16.5. The summed E-state index contributed by atoms with van der Waals surface area (Å²) in [5.41, 5.74) is 3.80. The van der Waals surface area contributed by atoms with Gasteiger partial charge in [0.2, 0.25) is 0 Å². The van der Waals surface area contributed by atoms with E-state index in [9.17, 15) is 9.59 Å². The molecule has 1 saturated carbocycles. The van der Waals surface area contributed by atoms with Gasteiger partial charge in [0.1, 0.15) is 11.9 Å². The monoisotopic (exact) mass is 409 g/mol. The third kappa shape index (κ3) is 4.03. The van der Waals surface area contributed by atoms with Crippen molar-refractivity contribution in [3.63, 3.8) is 0 Å². The minimum atomic E-state index is -0.460. The summed E-state index contributed by atoms with van der Waals surface area (Å²) in [5.74, 6) is 0.0365. The number of para-hydroxylation sites is 1. The molecule has 0 radical (unpaired) electrons. The van der Waals surface area contributed by atoms with Crippen LogP contribution in [-0.2, 0) is 14.3 Å². The van der Waals surface area contributed by atoms with Crippen LogP contribution in [0.15, 0.2) is 46.8 Å². The molecule has 5 heteroatoms. The molecule has 0 saturated heterocycles. The molecule has 4 rings (SSSR count). The van der Waals surface area contributed by atoms with Crippen LogP contribution in [0.3, 0.4) is 0 Å². The first-order valence-corrected chi connectivity index (χ1v) is 11.2. The Labute approximate surface area is 178 Å². The van der Waals surface area contributed by atoms with Crippen LogP contribution in [0.4, 0.5) is 0 Å². The summed E-state index contributed by atoms with van der Waals surface area (Å²) in [6.07, 6.45) is 6.12. The first-order valence-electron chi connectivity index (χ1n) is 11.2. The number of benzene rings is 1. The fourth-order valence-electron chi connectivity index (χ4n) is 4.87. The maximum Gasteiger partial charge on any atom is 0.337 e. The Bertz CT molecular complexity index is 905. The van der Waals surface area contributed by atoms with Gasteiger partial charge >= 0.3 is 5.97 Å². The van der Waals surface area contributed by atoms with Gasteiger partial charge in [-0.05, 0) is 65.4 Å². The Morgan fingerprint density at radius 3 is 2.57 bits per heavy atom. The number of esters is 1. The number of Topliss-reactive ketones (excluding diaryl/α,β-unsaturated/α-hetero) is 1. The molecule has 5 nitrogen and oxygen atoms in total. The second-order valence-electron chi connectivity index (χ2n) is 8.78. The van der Waals surface area contributed by atoms with Gasteiger partial charge in [0.05, 0.1) is 17.6 Å². The van der Waals surface area contributed by atoms with Crippen molar-refractivity contribution in [2.24, 2.45) is 0 Å². The highest BCUT2D eigenvalue weighted by molar-refractivity contribution is 6.04. The largest absolute Gasteiger partial charge is 0.491 e. The highest BCUT2D eigenvalue weighted by Crippen LogP contribution is 2.45. The number of hydrogen-bond donors (Lipinski definition) is 1. The lowest BCUT2D eigenvalue weighted by Gasteiger charge is -2.35. The van der Waals surface area contributed by atoms with Gasteiger partial charge in [-0.3, -0.25) is 4.79 Å². The predicted molar refractivity (Wildman–Crippen MR) is 115 cm³/mol. The van der Waals surface area contributed by atoms with Crippen LogP contribution >= 0.6 is 0 Å². The molecule has 1 N–H and O–H groups in total. The van der Waals surface area contributed by atoms with Crippen molar-refractivity contribution >= 4 is 11.8 Å². The van der Waals surface area contributed by atoms with Crippen molar-refractivity contribution in [2.75, 3.05) is 0 Å². The first kappa shape index (κ1) is 20.7. The van der Waals surface area contributed by atoms with Crippen LogP contribution in [-0.4, -0.2) is 24.0 Å². The number of rotatable bonds is 5. The number of carbonyl (C=O) groups excluding carboxylic acids is 2. The highest BCUT2D eigenvalue weighted by Gasteiger charge is 2.41. The Hall–Kier alpha value is -2.56. The zero-order valence-electron chi connectivity index (χ0n) is 18.1. The number of allylic oxidation sites excluding steroid dienone is 3. The van der Waals surface area contributed by atoms with Crippen molar-refractivity contribution in [1.82, 2.24) is 5.32 Å². The van der Waals surface area contributed by atoms with Crippen molar-refractivity contribution in [3.8, 4) is 5.75 Å². The summed E-state index contributed by atoms with van der Waals surface area (Å²) in [6, 6.07) is 7.75. The van der Waals surface area contributed by atoms with Crippen LogP contribution in [0.5, 0.6) is 5.75 Å². The van der Waals surface area contributed by atoms with Gasteiger partial charge in [-0.25, -0.2) is 4.79 Å². The molecule has 1 unspecified atom stereocenters. The molecular formula is C25H31NO4. The zero-order chi connectivity index (χ0) is 21.3. The average Bonchev–Trinajstić information content (AvgIpc) is 3.20. The van der Waals surface area contributed by atoms with Gasteiger partial charge in [-0.15, -0.1) is 0 Å². The minimum absolute atomic E-state index is 0.0117. The molecule has 1 aliphatic heterocycles. The summed E-state index contributed by atoms with van der Waals surface area (Å²) in [4.78, 5) is 26.4. The van der Waals surface area contributed by atoms with E-state index in [1.807, 2.05) is 45.0 Å². The summed E-state index contributed by atoms with van der Waals surface area (Å²) >= 11 is 0. The SMILES string of the molecule is CC1=C(C(=O)OC2CCCC2)C(c2ccccc2OC(C)C)C2=C(CCCC2=O)N1. The van der Waals surface area contributed by atoms with Crippen molar-refractivity contribution < 1.29 is 19.1 Å². The zero-order valence-corrected chi connectivity index (χ0v) is 18.1. The Morgan fingerprint density at radius 1 is 1.10 bits per heavy atom. The molecule has 1 aromatic rings. The van der Waals surface area contributed by atoms with Crippen molar-refractivity contribution in [3.05, 3.63) is 52.4 Å². The predicted octanol–water partition coefficient (Wildman–Crippen LogP) is 4.93. The molecule has 3 aliphatic rings. The number of nitrogens with one attached hydrogen (secondary N) is 1. The second kappa shape index (κ2) is 8.66. The van der Waals surface area contributed by atoms with Gasteiger partial charge in [-0.1, -0.05) is 18.2 Å².